The molecule has 0 saturated carbocycles. The van der Waals surface area contributed by atoms with Gasteiger partial charge in [0.2, 0.25) is 5.91 Å². The molecule has 2 aromatic rings. The Kier molecular flexibility index (Phi) is 3.88. The van der Waals surface area contributed by atoms with Crippen molar-refractivity contribution < 1.29 is 9.90 Å². The number of aromatic nitrogens is 2. The van der Waals surface area contributed by atoms with E-state index in [1.54, 1.807) is 0 Å². The summed E-state index contributed by atoms with van der Waals surface area (Å²) in [6.45, 7) is 1.68. The number of H-pyrrole nitrogens is 1. The van der Waals surface area contributed by atoms with Gasteiger partial charge in [-0.2, -0.15) is 5.10 Å². The Hall–Kier alpha value is -2.14. The number of hydrogen-bond donors (Lipinski definition) is 2. The number of aliphatic hydroxyl groups excluding tert-OH is 1. The number of benzene rings is 1. The van der Waals surface area contributed by atoms with E-state index in [9.17, 15) is 4.79 Å². The van der Waals surface area contributed by atoms with Crippen LogP contribution in [0.3, 0.4) is 0 Å². The van der Waals surface area contributed by atoms with Crippen LogP contribution >= 0.6 is 0 Å². The number of hydrogen-bond acceptors (Lipinski definition) is 3. The third-order valence-electron chi connectivity index (χ3n) is 5.61. The van der Waals surface area contributed by atoms with Crippen molar-refractivity contribution in [3.05, 3.63) is 52.8 Å². The van der Waals surface area contributed by atoms with Crippen LogP contribution in [0.4, 0.5) is 0 Å². The number of amides is 1. The molecular formula is C19H23N3O2. The number of aliphatic hydroxyl groups is 1. The first-order valence-electron chi connectivity index (χ1n) is 8.69. The largest absolute Gasteiger partial charge is 0.392 e. The smallest absolute Gasteiger partial charge is 0.227 e. The van der Waals surface area contributed by atoms with Crippen LogP contribution in [0.5, 0.6) is 0 Å². The van der Waals surface area contributed by atoms with E-state index in [4.69, 9.17) is 5.11 Å². The Bertz CT molecular complexity index is 737. The lowest BCUT2D eigenvalue weighted by Crippen LogP contribution is -2.48. The van der Waals surface area contributed by atoms with Crippen LogP contribution < -0.4 is 0 Å². The highest BCUT2D eigenvalue weighted by Crippen LogP contribution is 2.43. The summed E-state index contributed by atoms with van der Waals surface area (Å²) in [4.78, 5) is 14.8. The van der Waals surface area contributed by atoms with Gasteiger partial charge in [-0.1, -0.05) is 24.3 Å². The summed E-state index contributed by atoms with van der Waals surface area (Å²) in [5, 5.41) is 16.5. The van der Waals surface area contributed by atoms with Gasteiger partial charge in [0.15, 0.2) is 0 Å². The molecule has 1 spiro atoms. The number of likely N-dealkylation sites (tertiary alicyclic amines) is 1. The fraction of sp³-hybridized carbons (Fsp3) is 0.474. The average Bonchev–Trinajstić information content (AvgIpc) is 3.21. The number of carbonyl (C=O) groups excluding carboxylic acids is 1. The van der Waals surface area contributed by atoms with Gasteiger partial charge in [0.25, 0.3) is 0 Å². The molecule has 1 unspecified atom stereocenters. The summed E-state index contributed by atoms with van der Waals surface area (Å²) in [6.07, 6.45) is 6.73. The first-order valence-corrected chi connectivity index (χ1v) is 8.69. The molecule has 126 valence electrons. The molecule has 1 saturated heterocycles. The molecule has 2 N–H and O–H groups in total. The van der Waals surface area contributed by atoms with Gasteiger partial charge in [0.05, 0.1) is 19.2 Å². The van der Waals surface area contributed by atoms with Crippen LogP contribution in [-0.2, 0) is 29.7 Å². The quantitative estimate of drug-likeness (QED) is 0.906. The van der Waals surface area contributed by atoms with Gasteiger partial charge in [-0.3, -0.25) is 9.89 Å². The third kappa shape index (κ3) is 2.63. The van der Waals surface area contributed by atoms with E-state index in [2.05, 4.69) is 10.2 Å². The Morgan fingerprint density at radius 3 is 2.83 bits per heavy atom. The number of nitrogens with zero attached hydrogens (tertiary/aromatic N) is 2. The van der Waals surface area contributed by atoms with Gasteiger partial charge >= 0.3 is 0 Å². The average molecular weight is 325 g/mol. The lowest BCUT2D eigenvalue weighted by molar-refractivity contribution is -0.132. The summed E-state index contributed by atoms with van der Waals surface area (Å²) in [5.74, 6) is 0.193. The number of aromatic amines is 1. The predicted octanol–water partition coefficient (Wildman–Crippen LogP) is 1.95. The highest BCUT2D eigenvalue weighted by atomic mass is 16.3. The fourth-order valence-electron chi connectivity index (χ4n) is 4.26. The maximum Gasteiger partial charge on any atom is 0.227 e. The number of nitrogens with one attached hydrogen (secondary N) is 1. The minimum absolute atomic E-state index is 0.0371. The summed E-state index contributed by atoms with van der Waals surface area (Å²) in [5.41, 5.74) is 4.54. The lowest BCUT2D eigenvalue weighted by atomic mass is 9.77. The number of piperidine rings is 1. The Balaban J connectivity index is 1.47. The topological polar surface area (TPSA) is 69.2 Å². The van der Waals surface area contributed by atoms with Crippen molar-refractivity contribution in [2.75, 3.05) is 13.1 Å². The molecule has 2 heterocycles. The molecule has 4 rings (SSSR count). The van der Waals surface area contributed by atoms with E-state index in [-0.39, 0.29) is 17.9 Å². The van der Waals surface area contributed by atoms with Crippen LogP contribution in [0.25, 0.3) is 0 Å². The van der Waals surface area contributed by atoms with E-state index in [0.717, 1.165) is 49.9 Å². The van der Waals surface area contributed by atoms with Crippen LogP contribution in [0.1, 0.15) is 41.6 Å². The van der Waals surface area contributed by atoms with Gasteiger partial charge < -0.3 is 10.0 Å². The minimum Gasteiger partial charge on any atom is -0.392 e. The maximum atomic E-state index is 12.8. The SMILES string of the molecule is O=C(Cc1ccc(CO)cc1)N1CCCC2(CCc3cn[nH]c32)C1. The first kappa shape index (κ1) is 15.4. The molecule has 1 aromatic carbocycles. The zero-order valence-corrected chi connectivity index (χ0v) is 13.8. The molecule has 1 aliphatic carbocycles. The van der Waals surface area contributed by atoms with Crippen LogP contribution in [-0.4, -0.2) is 39.2 Å². The summed E-state index contributed by atoms with van der Waals surface area (Å²) in [6, 6.07) is 7.64. The van der Waals surface area contributed by atoms with Crippen LogP contribution in [0.15, 0.2) is 30.5 Å². The van der Waals surface area contributed by atoms with E-state index in [1.807, 2.05) is 35.4 Å². The van der Waals surface area contributed by atoms with Crippen molar-refractivity contribution in [2.24, 2.45) is 0 Å². The Morgan fingerprint density at radius 2 is 2.04 bits per heavy atom. The number of aryl methyl sites for hydroxylation is 1. The van der Waals surface area contributed by atoms with Gasteiger partial charge in [-0.25, -0.2) is 0 Å². The zero-order valence-electron chi connectivity index (χ0n) is 13.8. The van der Waals surface area contributed by atoms with Gasteiger partial charge in [0.1, 0.15) is 0 Å². The monoisotopic (exact) mass is 325 g/mol. The van der Waals surface area contributed by atoms with Crippen LogP contribution in [0.2, 0.25) is 0 Å². The second-order valence-corrected chi connectivity index (χ2v) is 7.12. The van der Waals surface area contributed by atoms with E-state index < -0.39 is 0 Å². The van der Waals surface area contributed by atoms with Crippen molar-refractivity contribution in [3.8, 4) is 0 Å². The van der Waals surface area contributed by atoms with Gasteiger partial charge in [-0.15, -0.1) is 0 Å². The summed E-state index contributed by atoms with van der Waals surface area (Å²) in [7, 11) is 0. The Labute approximate surface area is 141 Å². The van der Waals surface area contributed by atoms with E-state index >= 15 is 0 Å². The van der Waals surface area contributed by atoms with Crippen LogP contribution in [0, 0.1) is 0 Å². The van der Waals surface area contributed by atoms with Crippen molar-refractivity contribution in [2.45, 2.75) is 44.1 Å². The zero-order chi connectivity index (χ0) is 16.6. The van der Waals surface area contributed by atoms with Crippen molar-refractivity contribution in [1.29, 1.82) is 0 Å². The van der Waals surface area contributed by atoms with Gasteiger partial charge in [0, 0.05) is 24.2 Å². The molecule has 0 bridgehead atoms. The number of fused-ring (bicyclic) bond motifs is 2. The molecule has 1 fully saturated rings. The second-order valence-electron chi connectivity index (χ2n) is 7.12. The molecule has 1 aromatic heterocycles. The fourth-order valence-corrected chi connectivity index (χ4v) is 4.26. The third-order valence-corrected chi connectivity index (χ3v) is 5.61. The molecule has 1 amide bonds. The normalized spacial score (nSPS) is 22.8. The molecule has 1 aliphatic heterocycles. The highest BCUT2D eigenvalue weighted by molar-refractivity contribution is 5.79. The molecule has 5 heteroatoms. The number of rotatable bonds is 3. The first-order chi connectivity index (χ1) is 11.7. The molecule has 0 radical (unpaired) electrons. The van der Waals surface area contributed by atoms with E-state index in [1.165, 1.54) is 11.3 Å². The van der Waals surface area contributed by atoms with Gasteiger partial charge in [-0.05, 0) is 42.4 Å². The van der Waals surface area contributed by atoms with Crippen molar-refractivity contribution in [1.82, 2.24) is 15.1 Å². The summed E-state index contributed by atoms with van der Waals surface area (Å²) < 4.78 is 0. The number of carbonyl (C=O) groups is 1. The highest BCUT2D eigenvalue weighted by Gasteiger charge is 2.44. The predicted molar refractivity (Wildman–Crippen MR) is 90.5 cm³/mol. The second kappa shape index (κ2) is 6.06. The lowest BCUT2D eigenvalue weighted by Gasteiger charge is -2.40. The maximum absolute atomic E-state index is 12.8. The minimum atomic E-state index is 0.0371. The molecule has 5 nitrogen and oxygen atoms in total. The van der Waals surface area contributed by atoms with Crippen molar-refractivity contribution >= 4 is 5.91 Å². The van der Waals surface area contributed by atoms with E-state index in [0.29, 0.717) is 6.42 Å². The standard InChI is InChI=1S/C19H23N3O2/c23-12-15-4-2-14(3-5-15)10-17(24)22-9-1-7-19(13-22)8-6-16-11-20-21-18(16)19/h2-5,11,23H,1,6-10,12-13H2,(H,20,21). The summed E-state index contributed by atoms with van der Waals surface area (Å²) >= 11 is 0. The molecular weight excluding hydrogens is 302 g/mol. The Morgan fingerprint density at radius 1 is 1.25 bits per heavy atom. The molecule has 1 atom stereocenters. The molecule has 2 aliphatic rings. The van der Waals surface area contributed by atoms with Crippen molar-refractivity contribution in [3.63, 3.8) is 0 Å². The molecule has 24 heavy (non-hydrogen) atoms.